The van der Waals surface area contributed by atoms with Crippen molar-refractivity contribution in [1.29, 1.82) is 0 Å². The largest absolute Gasteiger partial charge is 0.416 e. The number of nitrogens with zero attached hydrogens (tertiary/aromatic N) is 1. The zero-order valence-electron chi connectivity index (χ0n) is 20.8. The van der Waals surface area contributed by atoms with Crippen LogP contribution in [0.25, 0.3) is 0 Å². The summed E-state index contributed by atoms with van der Waals surface area (Å²) in [6.07, 6.45) is -4.66. The van der Waals surface area contributed by atoms with E-state index in [1.807, 2.05) is 0 Å². The molecule has 4 aromatic carbocycles. The Bertz CT molecular complexity index is 1760. The summed E-state index contributed by atoms with van der Waals surface area (Å²) in [7, 11) is -8.65. The van der Waals surface area contributed by atoms with Crippen LogP contribution in [0.5, 0.6) is 0 Å². The minimum Gasteiger partial charge on any atom is -0.325 e. The Morgan fingerprint density at radius 2 is 1.37 bits per heavy atom. The fourth-order valence-corrected chi connectivity index (χ4v) is 6.19. The first-order valence-electron chi connectivity index (χ1n) is 11.7. The summed E-state index contributed by atoms with van der Waals surface area (Å²) in [5.41, 5.74) is -1.60. The van der Waals surface area contributed by atoms with Crippen LogP contribution in [-0.2, 0) is 31.0 Å². The van der Waals surface area contributed by atoms with E-state index >= 15 is 0 Å². The Hall–Kier alpha value is -4.43. The van der Waals surface area contributed by atoms with Gasteiger partial charge in [-0.3, -0.25) is 13.8 Å². The number of halogens is 4. The molecule has 0 heterocycles. The van der Waals surface area contributed by atoms with E-state index in [4.69, 9.17) is 0 Å². The number of hydrogen-bond acceptors (Lipinski definition) is 5. The van der Waals surface area contributed by atoms with E-state index in [2.05, 4.69) is 10.0 Å². The molecular weight excluding hydrogens is 586 g/mol. The molecule has 0 spiro atoms. The minimum absolute atomic E-state index is 0.0820. The summed E-state index contributed by atoms with van der Waals surface area (Å²) in [5, 5.41) is 2.43. The van der Waals surface area contributed by atoms with E-state index in [0.29, 0.717) is 10.4 Å². The van der Waals surface area contributed by atoms with Crippen LogP contribution in [-0.4, -0.2) is 29.3 Å². The van der Waals surface area contributed by atoms with E-state index in [1.165, 1.54) is 54.6 Å². The van der Waals surface area contributed by atoms with Gasteiger partial charge in [0, 0.05) is 11.4 Å². The monoisotopic (exact) mass is 607 g/mol. The van der Waals surface area contributed by atoms with Crippen LogP contribution in [0.2, 0.25) is 0 Å². The van der Waals surface area contributed by atoms with Gasteiger partial charge in [-0.15, -0.1) is 0 Å². The van der Waals surface area contributed by atoms with Crippen LogP contribution in [0.4, 0.5) is 34.6 Å². The van der Waals surface area contributed by atoms with E-state index in [1.54, 1.807) is 6.07 Å². The van der Waals surface area contributed by atoms with Crippen molar-refractivity contribution in [2.75, 3.05) is 20.9 Å². The second-order valence-corrected chi connectivity index (χ2v) is 12.1. The van der Waals surface area contributed by atoms with Gasteiger partial charge in [0.2, 0.25) is 5.91 Å². The smallest absolute Gasteiger partial charge is 0.325 e. The molecule has 0 aliphatic rings. The molecule has 8 nitrogen and oxygen atoms in total. The quantitative estimate of drug-likeness (QED) is 0.245. The first kappa shape index (κ1) is 29.6. The molecule has 1 amide bonds. The molecule has 0 aliphatic heterocycles. The van der Waals surface area contributed by atoms with E-state index in [9.17, 15) is 39.2 Å². The third-order valence-corrected chi connectivity index (χ3v) is 8.80. The van der Waals surface area contributed by atoms with Gasteiger partial charge in [-0.1, -0.05) is 36.4 Å². The lowest BCUT2D eigenvalue weighted by atomic mass is 10.2. The molecule has 214 valence electrons. The third kappa shape index (κ3) is 7.02. The van der Waals surface area contributed by atoms with Gasteiger partial charge in [0.25, 0.3) is 20.0 Å². The summed E-state index contributed by atoms with van der Waals surface area (Å²) in [4.78, 5) is 12.4. The van der Waals surface area contributed by atoms with Crippen LogP contribution in [0.15, 0.2) is 113 Å². The fourth-order valence-electron chi connectivity index (χ4n) is 3.69. The Morgan fingerprint density at radius 3 is 2.00 bits per heavy atom. The van der Waals surface area contributed by atoms with Gasteiger partial charge in [-0.05, 0) is 66.7 Å². The maximum Gasteiger partial charge on any atom is 0.416 e. The highest BCUT2D eigenvalue weighted by Crippen LogP contribution is 2.31. The number of carbonyl (C=O) groups excluding carboxylic acids is 1. The summed E-state index contributed by atoms with van der Waals surface area (Å²) >= 11 is 0. The number of amides is 1. The number of benzene rings is 4. The standard InChI is InChI=1S/C27H21F4N3O5S2/c28-24-11-4-5-12-25(24)34(41(38,39)23-9-2-1-3-10-23)18-26(35)32-20-13-15-22(16-14-20)40(36,37)33-21-8-6-7-19(17-21)27(29,30)31/h1-17,33H,18H2,(H,32,35). The Kier molecular flexibility index (Phi) is 8.35. The SMILES string of the molecule is O=C(CN(c1ccccc1F)S(=O)(=O)c1ccccc1)Nc1ccc(S(=O)(=O)Nc2cccc(C(F)(F)F)c2)cc1. The van der Waals surface area contributed by atoms with Gasteiger partial charge in [0.15, 0.2) is 0 Å². The zero-order chi connectivity index (χ0) is 29.8. The van der Waals surface area contributed by atoms with Crippen molar-refractivity contribution in [1.82, 2.24) is 0 Å². The van der Waals surface area contributed by atoms with Crippen molar-refractivity contribution in [3.8, 4) is 0 Å². The topological polar surface area (TPSA) is 113 Å². The fraction of sp³-hybridized carbons (Fsp3) is 0.0741. The molecule has 4 aromatic rings. The number of nitrogens with one attached hydrogen (secondary N) is 2. The van der Waals surface area contributed by atoms with Crippen molar-refractivity contribution in [2.24, 2.45) is 0 Å². The second-order valence-electron chi connectivity index (χ2n) is 8.53. The average molecular weight is 608 g/mol. The molecule has 41 heavy (non-hydrogen) atoms. The minimum atomic E-state index is -4.66. The Labute approximate surface area is 233 Å². The van der Waals surface area contributed by atoms with Crippen LogP contribution in [0, 0.1) is 5.82 Å². The molecule has 0 radical (unpaired) electrons. The van der Waals surface area contributed by atoms with E-state index in [-0.39, 0.29) is 26.9 Å². The highest BCUT2D eigenvalue weighted by molar-refractivity contribution is 7.93. The Balaban J connectivity index is 1.52. The second kappa shape index (κ2) is 11.6. The van der Waals surface area contributed by atoms with Crippen molar-refractivity contribution < 1.29 is 39.2 Å². The van der Waals surface area contributed by atoms with E-state index in [0.717, 1.165) is 36.4 Å². The predicted molar refractivity (Wildman–Crippen MR) is 145 cm³/mol. The molecule has 14 heteroatoms. The number of hydrogen-bond donors (Lipinski definition) is 2. The van der Waals surface area contributed by atoms with Crippen molar-refractivity contribution in [3.05, 3.63) is 115 Å². The van der Waals surface area contributed by atoms with Crippen molar-refractivity contribution in [2.45, 2.75) is 16.0 Å². The van der Waals surface area contributed by atoms with Crippen molar-refractivity contribution >= 4 is 43.0 Å². The number of alkyl halides is 3. The highest BCUT2D eigenvalue weighted by atomic mass is 32.2. The first-order chi connectivity index (χ1) is 19.3. The van der Waals surface area contributed by atoms with Crippen LogP contribution >= 0.6 is 0 Å². The average Bonchev–Trinajstić information content (AvgIpc) is 2.92. The maximum atomic E-state index is 14.6. The van der Waals surface area contributed by atoms with Crippen LogP contribution < -0.4 is 14.3 Å². The zero-order valence-corrected chi connectivity index (χ0v) is 22.5. The Morgan fingerprint density at radius 1 is 0.732 bits per heavy atom. The van der Waals surface area contributed by atoms with E-state index < -0.39 is 50.1 Å². The first-order valence-corrected chi connectivity index (χ1v) is 14.6. The highest BCUT2D eigenvalue weighted by Gasteiger charge is 2.31. The summed E-state index contributed by atoms with van der Waals surface area (Å²) < 4.78 is 108. The molecule has 0 bridgehead atoms. The van der Waals surface area contributed by atoms with Gasteiger partial charge in [0.1, 0.15) is 12.4 Å². The molecule has 0 aliphatic carbocycles. The molecular formula is C27H21F4N3O5S2. The molecule has 2 N–H and O–H groups in total. The molecule has 0 saturated carbocycles. The summed E-state index contributed by atoms with van der Waals surface area (Å²) in [6.45, 7) is -0.810. The van der Waals surface area contributed by atoms with Gasteiger partial charge < -0.3 is 5.32 Å². The van der Waals surface area contributed by atoms with Gasteiger partial charge >= 0.3 is 6.18 Å². The summed E-state index contributed by atoms with van der Waals surface area (Å²) in [5.74, 6) is -1.73. The van der Waals surface area contributed by atoms with Crippen LogP contribution in [0.1, 0.15) is 5.56 Å². The molecule has 0 unspecified atom stereocenters. The predicted octanol–water partition coefficient (Wildman–Crippen LogP) is 5.48. The lowest BCUT2D eigenvalue weighted by molar-refractivity contribution is -0.137. The lowest BCUT2D eigenvalue weighted by Crippen LogP contribution is -2.38. The van der Waals surface area contributed by atoms with Gasteiger partial charge in [0.05, 0.1) is 21.0 Å². The number of sulfonamides is 2. The number of carbonyl (C=O) groups is 1. The van der Waals surface area contributed by atoms with Gasteiger partial charge in [-0.25, -0.2) is 21.2 Å². The van der Waals surface area contributed by atoms with Crippen molar-refractivity contribution in [3.63, 3.8) is 0 Å². The molecule has 0 aromatic heterocycles. The number of para-hydroxylation sites is 1. The summed E-state index contributed by atoms with van der Waals surface area (Å²) in [6, 6.07) is 20.5. The lowest BCUT2D eigenvalue weighted by Gasteiger charge is -2.24. The molecule has 4 rings (SSSR count). The van der Waals surface area contributed by atoms with Gasteiger partial charge in [-0.2, -0.15) is 13.2 Å². The van der Waals surface area contributed by atoms with Crippen LogP contribution in [0.3, 0.4) is 0 Å². The third-order valence-electron chi connectivity index (χ3n) is 5.63. The number of anilines is 3. The maximum absolute atomic E-state index is 14.6. The molecule has 0 atom stereocenters. The molecule has 0 saturated heterocycles. The normalized spacial score (nSPS) is 12.0. The number of rotatable bonds is 9. The molecule has 0 fully saturated rings.